The highest BCUT2D eigenvalue weighted by Crippen LogP contribution is 2.29. The Morgan fingerprint density at radius 2 is 2.10 bits per heavy atom. The van der Waals surface area contributed by atoms with Crippen molar-refractivity contribution in [3.63, 3.8) is 0 Å². The quantitative estimate of drug-likeness (QED) is 0.840. The molecule has 2 unspecified atom stereocenters. The lowest BCUT2D eigenvalue weighted by Crippen LogP contribution is -2.24. The van der Waals surface area contributed by atoms with E-state index < -0.39 is 0 Å². The van der Waals surface area contributed by atoms with Gasteiger partial charge in [0, 0.05) is 12.1 Å². The number of hydrogen-bond acceptors (Lipinski definition) is 2. The Morgan fingerprint density at radius 1 is 1.33 bits per heavy atom. The zero-order valence-electron chi connectivity index (χ0n) is 12.5. The second kappa shape index (κ2) is 6.33. The molecular weight excluding hydrogens is 262 g/mol. The Hall–Kier alpha value is -1.77. The maximum atomic E-state index is 11.7. The normalized spacial score (nSPS) is 25.2. The summed E-state index contributed by atoms with van der Waals surface area (Å²) in [5, 5.41) is 2.99. The SMILES string of the molecule is CC1CC1NC(=O)C=Cc1cccc(OC2CCCC2)c1. The topological polar surface area (TPSA) is 38.3 Å². The fraction of sp³-hybridized carbons (Fsp3) is 0.500. The molecule has 0 heterocycles. The summed E-state index contributed by atoms with van der Waals surface area (Å²) >= 11 is 0. The first-order chi connectivity index (χ1) is 10.2. The largest absolute Gasteiger partial charge is 0.490 e. The summed E-state index contributed by atoms with van der Waals surface area (Å²) in [6.07, 6.45) is 9.77. The van der Waals surface area contributed by atoms with Gasteiger partial charge in [0.05, 0.1) is 6.10 Å². The summed E-state index contributed by atoms with van der Waals surface area (Å²) < 4.78 is 5.98. The minimum atomic E-state index is -0.00790. The predicted octanol–water partition coefficient (Wildman–Crippen LogP) is 3.55. The molecule has 112 valence electrons. The second-order valence-corrected chi connectivity index (χ2v) is 6.26. The van der Waals surface area contributed by atoms with Crippen LogP contribution in [-0.2, 0) is 4.79 Å². The molecule has 0 spiro atoms. The molecule has 0 saturated heterocycles. The van der Waals surface area contributed by atoms with E-state index in [-0.39, 0.29) is 5.91 Å². The first-order valence-electron chi connectivity index (χ1n) is 7.96. The van der Waals surface area contributed by atoms with Crippen LogP contribution in [0.4, 0.5) is 0 Å². The average Bonchev–Trinajstić information content (AvgIpc) is 2.94. The Balaban J connectivity index is 1.55. The van der Waals surface area contributed by atoms with Crippen LogP contribution in [0.15, 0.2) is 30.3 Å². The third-order valence-corrected chi connectivity index (χ3v) is 4.33. The van der Waals surface area contributed by atoms with Gasteiger partial charge in [-0.25, -0.2) is 0 Å². The van der Waals surface area contributed by atoms with Gasteiger partial charge in [0.2, 0.25) is 5.91 Å². The third-order valence-electron chi connectivity index (χ3n) is 4.33. The minimum Gasteiger partial charge on any atom is -0.490 e. The standard InChI is InChI=1S/C18H23NO2/c1-13-11-17(13)19-18(20)10-9-14-5-4-8-16(12-14)21-15-6-2-3-7-15/h4-5,8-10,12-13,15,17H,2-3,6-7,11H2,1H3,(H,19,20). The summed E-state index contributed by atoms with van der Waals surface area (Å²) in [6.45, 7) is 2.15. The molecule has 0 radical (unpaired) electrons. The smallest absolute Gasteiger partial charge is 0.244 e. The molecule has 0 aliphatic heterocycles. The summed E-state index contributed by atoms with van der Waals surface area (Å²) in [4.78, 5) is 11.7. The Kier molecular flexibility index (Phi) is 4.28. The fourth-order valence-corrected chi connectivity index (χ4v) is 2.82. The number of hydrogen-bond donors (Lipinski definition) is 1. The Labute approximate surface area is 126 Å². The molecule has 2 atom stereocenters. The molecule has 2 aliphatic rings. The fourth-order valence-electron chi connectivity index (χ4n) is 2.82. The van der Waals surface area contributed by atoms with Crippen molar-refractivity contribution in [2.45, 2.75) is 51.2 Å². The first-order valence-corrected chi connectivity index (χ1v) is 7.96. The molecule has 3 heteroatoms. The van der Waals surface area contributed by atoms with Gasteiger partial charge in [-0.05, 0) is 61.8 Å². The highest BCUT2D eigenvalue weighted by Gasteiger charge is 2.33. The highest BCUT2D eigenvalue weighted by atomic mass is 16.5. The van der Waals surface area contributed by atoms with Crippen LogP contribution in [0, 0.1) is 5.92 Å². The van der Waals surface area contributed by atoms with Crippen molar-refractivity contribution in [3.05, 3.63) is 35.9 Å². The van der Waals surface area contributed by atoms with E-state index in [2.05, 4.69) is 12.2 Å². The van der Waals surface area contributed by atoms with Crippen LogP contribution in [0.2, 0.25) is 0 Å². The molecular formula is C18H23NO2. The zero-order valence-corrected chi connectivity index (χ0v) is 12.5. The van der Waals surface area contributed by atoms with Crippen molar-refractivity contribution in [1.29, 1.82) is 0 Å². The third kappa shape index (κ3) is 4.10. The van der Waals surface area contributed by atoms with Crippen LogP contribution in [0.5, 0.6) is 5.75 Å². The summed E-state index contributed by atoms with van der Waals surface area (Å²) in [5.41, 5.74) is 1.00. The Bertz CT molecular complexity index is 532. The number of carbonyl (C=O) groups is 1. The molecule has 1 aromatic rings. The lowest BCUT2D eigenvalue weighted by Gasteiger charge is -2.13. The van der Waals surface area contributed by atoms with Crippen LogP contribution < -0.4 is 10.1 Å². The van der Waals surface area contributed by atoms with Gasteiger partial charge in [-0.1, -0.05) is 19.1 Å². The summed E-state index contributed by atoms with van der Waals surface area (Å²) in [7, 11) is 0. The van der Waals surface area contributed by atoms with Gasteiger partial charge < -0.3 is 10.1 Å². The van der Waals surface area contributed by atoms with E-state index in [1.165, 1.54) is 12.8 Å². The van der Waals surface area contributed by atoms with Crippen molar-refractivity contribution < 1.29 is 9.53 Å². The maximum absolute atomic E-state index is 11.7. The van der Waals surface area contributed by atoms with Crippen LogP contribution in [0.3, 0.4) is 0 Å². The zero-order chi connectivity index (χ0) is 14.7. The number of benzene rings is 1. The molecule has 1 N–H and O–H groups in total. The summed E-state index contributed by atoms with van der Waals surface area (Å²) in [6, 6.07) is 8.33. The van der Waals surface area contributed by atoms with Crippen molar-refractivity contribution in [2.75, 3.05) is 0 Å². The predicted molar refractivity (Wildman–Crippen MR) is 84.1 cm³/mol. The van der Waals surface area contributed by atoms with Crippen molar-refractivity contribution in [2.24, 2.45) is 5.92 Å². The number of amides is 1. The van der Waals surface area contributed by atoms with E-state index in [0.29, 0.717) is 18.1 Å². The molecule has 0 bridgehead atoms. The van der Waals surface area contributed by atoms with Crippen LogP contribution in [0.25, 0.3) is 6.08 Å². The van der Waals surface area contributed by atoms with E-state index in [9.17, 15) is 4.79 Å². The second-order valence-electron chi connectivity index (χ2n) is 6.26. The first kappa shape index (κ1) is 14.2. The Morgan fingerprint density at radius 3 is 2.81 bits per heavy atom. The van der Waals surface area contributed by atoms with Crippen molar-refractivity contribution in [1.82, 2.24) is 5.32 Å². The molecule has 2 fully saturated rings. The van der Waals surface area contributed by atoms with Gasteiger partial charge in [0.1, 0.15) is 5.75 Å². The van der Waals surface area contributed by atoms with E-state index in [4.69, 9.17) is 4.74 Å². The van der Waals surface area contributed by atoms with E-state index in [0.717, 1.165) is 30.6 Å². The lowest BCUT2D eigenvalue weighted by atomic mass is 10.2. The molecule has 3 nitrogen and oxygen atoms in total. The van der Waals surface area contributed by atoms with Gasteiger partial charge in [-0.3, -0.25) is 4.79 Å². The number of rotatable bonds is 5. The monoisotopic (exact) mass is 285 g/mol. The van der Waals surface area contributed by atoms with Gasteiger partial charge in [0.15, 0.2) is 0 Å². The van der Waals surface area contributed by atoms with Crippen molar-refractivity contribution >= 4 is 12.0 Å². The highest BCUT2D eigenvalue weighted by molar-refractivity contribution is 5.92. The molecule has 1 amide bonds. The van der Waals surface area contributed by atoms with Crippen molar-refractivity contribution in [3.8, 4) is 5.75 Å². The van der Waals surface area contributed by atoms with E-state index in [1.54, 1.807) is 6.08 Å². The number of ether oxygens (including phenoxy) is 1. The molecule has 2 saturated carbocycles. The average molecular weight is 285 g/mol. The number of carbonyl (C=O) groups excluding carboxylic acids is 1. The van der Waals surface area contributed by atoms with E-state index in [1.807, 2.05) is 30.3 Å². The van der Waals surface area contributed by atoms with Gasteiger partial charge in [0.25, 0.3) is 0 Å². The van der Waals surface area contributed by atoms with Gasteiger partial charge in [-0.15, -0.1) is 0 Å². The maximum Gasteiger partial charge on any atom is 0.244 e. The molecule has 1 aromatic carbocycles. The molecule has 2 aliphatic carbocycles. The van der Waals surface area contributed by atoms with Gasteiger partial charge in [-0.2, -0.15) is 0 Å². The van der Waals surface area contributed by atoms with Gasteiger partial charge >= 0.3 is 0 Å². The minimum absolute atomic E-state index is 0.00790. The van der Waals surface area contributed by atoms with Crippen LogP contribution in [-0.4, -0.2) is 18.1 Å². The summed E-state index contributed by atoms with van der Waals surface area (Å²) in [5.74, 6) is 1.53. The molecule has 0 aromatic heterocycles. The number of nitrogens with one attached hydrogen (secondary N) is 1. The van der Waals surface area contributed by atoms with Crippen LogP contribution in [0.1, 0.15) is 44.6 Å². The molecule has 3 rings (SSSR count). The molecule has 21 heavy (non-hydrogen) atoms. The van der Waals surface area contributed by atoms with Crippen LogP contribution >= 0.6 is 0 Å². The lowest BCUT2D eigenvalue weighted by molar-refractivity contribution is -0.116. The van der Waals surface area contributed by atoms with E-state index >= 15 is 0 Å².